The number of nitrogens with two attached hydrogens (primary N) is 1. The van der Waals surface area contributed by atoms with E-state index in [1.54, 1.807) is 0 Å². The number of benzene rings is 1. The minimum Gasteiger partial charge on any atom is -0.328 e. The Morgan fingerprint density at radius 2 is 1.74 bits per heavy atom. The van der Waals surface area contributed by atoms with Gasteiger partial charge in [0.15, 0.2) is 23.3 Å². The van der Waals surface area contributed by atoms with E-state index < -0.39 is 40.8 Å². The van der Waals surface area contributed by atoms with Crippen LogP contribution >= 0.6 is 0 Å². The zero-order valence-corrected chi connectivity index (χ0v) is 9.85. The van der Waals surface area contributed by atoms with Gasteiger partial charge >= 0.3 is 0 Å². The van der Waals surface area contributed by atoms with Crippen LogP contribution in [0.25, 0.3) is 0 Å². The van der Waals surface area contributed by atoms with E-state index in [1.165, 1.54) is 0 Å². The van der Waals surface area contributed by atoms with Crippen LogP contribution < -0.4 is 11.1 Å². The van der Waals surface area contributed by atoms with E-state index in [0.29, 0.717) is 19.3 Å². The number of nitrogens with one attached hydrogen (secondary N) is 1. The van der Waals surface area contributed by atoms with Gasteiger partial charge in [-0.05, 0) is 19.3 Å². The smallest absolute Gasteiger partial charge is 0.227 e. The van der Waals surface area contributed by atoms with Crippen LogP contribution in [0.5, 0.6) is 0 Å². The molecule has 1 fully saturated rings. The highest BCUT2D eigenvalue weighted by Gasteiger charge is 2.30. The van der Waals surface area contributed by atoms with Gasteiger partial charge in [-0.2, -0.15) is 0 Å². The first-order valence-electron chi connectivity index (χ1n) is 5.79. The number of carbonyl (C=O) groups excluding carboxylic acids is 1. The molecule has 19 heavy (non-hydrogen) atoms. The molecule has 1 aliphatic rings. The molecule has 2 unspecified atom stereocenters. The van der Waals surface area contributed by atoms with Crippen LogP contribution in [0.3, 0.4) is 0 Å². The number of hydrogen-bond acceptors (Lipinski definition) is 2. The minimum atomic E-state index is -1.62. The predicted molar refractivity (Wildman–Crippen MR) is 60.2 cm³/mol. The lowest BCUT2D eigenvalue weighted by Crippen LogP contribution is -2.24. The topological polar surface area (TPSA) is 55.1 Å². The van der Waals surface area contributed by atoms with Crippen LogP contribution in [0.4, 0.5) is 23.2 Å². The fraction of sp³-hybridized carbons (Fsp3) is 0.417. The summed E-state index contributed by atoms with van der Waals surface area (Å²) in [5, 5.41) is 1.90. The van der Waals surface area contributed by atoms with Crippen molar-refractivity contribution in [2.24, 2.45) is 11.7 Å². The van der Waals surface area contributed by atoms with Crippen molar-refractivity contribution in [2.45, 2.75) is 25.3 Å². The molecule has 1 aromatic rings. The van der Waals surface area contributed by atoms with Crippen molar-refractivity contribution >= 4 is 11.6 Å². The van der Waals surface area contributed by atoms with Crippen LogP contribution in [-0.2, 0) is 4.79 Å². The van der Waals surface area contributed by atoms with E-state index in [1.807, 2.05) is 5.32 Å². The summed E-state index contributed by atoms with van der Waals surface area (Å²) in [5.41, 5.74) is 4.52. The van der Waals surface area contributed by atoms with Gasteiger partial charge in [-0.15, -0.1) is 0 Å². The zero-order valence-electron chi connectivity index (χ0n) is 9.85. The molecule has 0 bridgehead atoms. The van der Waals surface area contributed by atoms with Gasteiger partial charge in [-0.25, -0.2) is 17.6 Å². The number of halogens is 4. The summed E-state index contributed by atoms with van der Waals surface area (Å²) in [7, 11) is 0. The van der Waals surface area contributed by atoms with Crippen LogP contribution in [-0.4, -0.2) is 11.9 Å². The van der Waals surface area contributed by atoms with E-state index in [0.717, 1.165) is 0 Å². The molecule has 0 spiro atoms. The Labute approximate surface area is 106 Å². The van der Waals surface area contributed by atoms with Crippen LogP contribution in [0.1, 0.15) is 19.3 Å². The number of rotatable bonds is 2. The first-order valence-corrected chi connectivity index (χ1v) is 5.79. The molecule has 2 atom stereocenters. The molecule has 0 aliphatic heterocycles. The Balaban J connectivity index is 2.21. The number of carbonyl (C=O) groups is 1. The van der Waals surface area contributed by atoms with E-state index >= 15 is 0 Å². The van der Waals surface area contributed by atoms with Gasteiger partial charge < -0.3 is 11.1 Å². The fourth-order valence-electron chi connectivity index (χ4n) is 2.16. The molecule has 2 rings (SSSR count). The average molecular weight is 276 g/mol. The molecule has 0 aromatic heterocycles. The van der Waals surface area contributed by atoms with Crippen molar-refractivity contribution < 1.29 is 22.4 Å². The first-order chi connectivity index (χ1) is 8.90. The van der Waals surface area contributed by atoms with Crippen molar-refractivity contribution in [3.63, 3.8) is 0 Å². The Morgan fingerprint density at radius 3 is 2.21 bits per heavy atom. The molecule has 1 aromatic carbocycles. The second-order valence-electron chi connectivity index (χ2n) is 4.60. The fourth-order valence-corrected chi connectivity index (χ4v) is 2.16. The molecular weight excluding hydrogens is 264 g/mol. The summed E-state index contributed by atoms with van der Waals surface area (Å²) in [6.07, 6.45) is 1.49. The highest BCUT2D eigenvalue weighted by molar-refractivity contribution is 5.93. The average Bonchev–Trinajstić information content (AvgIpc) is 2.79. The molecule has 104 valence electrons. The van der Waals surface area contributed by atoms with Crippen molar-refractivity contribution in [1.82, 2.24) is 0 Å². The van der Waals surface area contributed by atoms with Crippen LogP contribution in [0.15, 0.2) is 6.07 Å². The Kier molecular flexibility index (Phi) is 3.75. The van der Waals surface area contributed by atoms with Gasteiger partial charge in [0, 0.05) is 18.0 Å². The molecule has 7 heteroatoms. The lowest BCUT2D eigenvalue weighted by Gasteiger charge is -2.12. The number of anilines is 1. The molecule has 3 nitrogen and oxygen atoms in total. The SMILES string of the molecule is NC1CCC(C(=O)Nc2c(F)c(F)cc(F)c2F)C1. The van der Waals surface area contributed by atoms with Gasteiger partial charge in [-0.3, -0.25) is 4.79 Å². The molecule has 0 heterocycles. The maximum Gasteiger partial charge on any atom is 0.227 e. The molecule has 1 aliphatic carbocycles. The molecule has 0 radical (unpaired) electrons. The summed E-state index contributed by atoms with van der Waals surface area (Å²) in [6.45, 7) is 0. The summed E-state index contributed by atoms with van der Waals surface area (Å²) >= 11 is 0. The van der Waals surface area contributed by atoms with E-state index in [-0.39, 0.29) is 12.1 Å². The summed E-state index contributed by atoms with van der Waals surface area (Å²) in [4.78, 5) is 11.7. The molecular formula is C12H12F4N2O. The van der Waals surface area contributed by atoms with Crippen molar-refractivity contribution in [1.29, 1.82) is 0 Å². The van der Waals surface area contributed by atoms with E-state index in [2.05, 4.69) is 0 Å². The number of amides is 1. The Morgan fingerprint density at radius 1 is 1.16 bits per heavy atom. The second kappa shape index (κ2) is 5.16. The standard InChI is InChI=1S/C12H12F4N2O/c13-7-4-8(14)10(16)11(9(7)15)18-12(19)5-1-2-6(17)3-5/h4-6H,1-3,17H2,(H,18,19). The normalized spacial score (nSPS) is 22.6. The summed E-state index contributed by atoms with van der Waals surface area (Å²) in [5.74, 6) is -7.53. The van der Waals surface area contributed by atoms with Crippen molar-refractivity contribution in [3.05, 3.63) is 29.3 Å². The molecule has 1 amide bonds. The Hall–Kier alpha value is -1.63. The maximum absolute atomic E-state index is 13.3. The van der Waals surface area contributed by atoms with Crippen molar-refractivity contribution in [3.8, 4) is 0 Å². The van der Waals surface area contributed by atoms with Crippen LogP contribution in [0.2, 0.25) is 0 Å². The number of hydrogen-bond donors (Lipinski definition) is 2. The molecule has 0 saturated heterocycles. The minimum absolute atomic E-state index is 0.0891. The maximum atomic E-state index is 13.3. The third-order valence-electron chi connectivity index (χ3n) is 3.20. The monoisotopic (exact) mass is 276 g/mol. The first kappa shape index (κ1) is 13.8. The predicted octanol–water partition coefficient (Wildman–Crippen LogP) is 2.31. The summed E-state index contributed by atoms with van der Waals surface area (Å²) < 4.78 is 52.6. The van der Waals surface area contributed by atoms with Gasteiger partial charge in [0.1, 0.15) is 5.69 Å². The molecule has 1 saturated carbocycles. The van der Waals surface area contributed by atoms with E-state index in [4.69, 9.17) is 5.73 Å². The molecule has 3 N–H and O–H groups in total. The quantitative estimate of drug-likeness (QED) is 0.643. The van der Waals surface area contributed by atoms with Gasteiger partial charge in [0.05, 0.1) is 0 Å². The highest BCUT2D eigenvalue weighted by Crippen LogP contribution is 2.28. The van der Waals surface area contributed by atoms with Gasteiger partial charge in [0.25, 0.3) is 0 Å². The van der Waals surface area contributed by atoms with Gasteiger partial charge in [0.2, 0.25) is 5.91 Å². The highest BCUT2D eigenvalue weighted by atomic mass is 19.2. The Bertz CT molecular complexity index is 495. The van der Waals surface area contributed by atoms with Gasteiger partial charge in [-0.1, -0.05) is 0 Å². The third-order valence-corrected chi connectivity index (χ3v) is 3.20. The van der Waals surface area contributed by atoms with Crippen LogP contribution in [0, 0.1) is 29.2 Å². The summed E-state index contributed by atoms with van der Waals surface area (Å²) in [6, 6.07) is -0.0547. The third kappa shape index (κ3) is 2.70. The van der Waals surface area contributed by atoms with E-state index in [9.17, 15) is 22.4 Å². The largest absolute Gasteiger partial charge is 0.328 e. The lowest BCUT2D eigenvalue weighted by atomic mass is 10.1. The lowest BCUT2D eigenvalue weighted by molar-refractivity contribution is -0.119. The van der Waals surface area contributed by atoms with Crippen molar-refractivity contribution in [2.75, 3.05) is 5.32 Å². The zero-order chi connectivity index (χ0) is 14.2. The second-order valence-corrected chi connectivity index (χ2v) is 4.60.